The van der Waals surface area contributed by atoms with E-state index in [0.717, 1.165) is 18.4 Å². The fourth-order valence-corrected chi connectivity index (χ4v) is 2.39. The monoisotopic (exact) mass is 307 g/mol. The van der Waals surface area contributed by atoms with Gasteiger partial charge in [0.1, 0.15) is 11.4 Å². The van der Waals surface area contributed by atoms with Crippen LogP contribution in [0.5, 0.6) is 5.75 Å². The van der Waals surface area contributed by atoms with Gasteiger partial charge in [0.05, 0.1) is 12.1 Å². The van der Waals surface area contributed by atoms with Crippen molar-refractivity contribution in [2.24, 2.45) is 0 Å². The van der Waals surface area contributed by atoms with Gasteiger partial charge in [0.2, 0.25) is 0 Å². The molecule has 0 unspecified atom stereocenters. The van der Waals surface area contributed by atoms with Crippen LogP contribution in [-0.2, 0) is 14.9 Å². The lowest BCUT2D eigenvalue weighted by molar-refractivity contribution is -0.137. The number of rotatable bonds is 4. The van der Waals surface area contributed by atoms with Gasteiger partial charge in [-0.15, -0.1) is 0 Å². The SMILES string of the molecule is CC(C)(C)OC(=O)Nc1ccc(C2(CC(=O)O)CC2)cc1O. The first-order valence-electron chi connectivity index (χ1n) is 7.17. The average Bonchev–Trinajstić information content (AvgIpc) is 3.09. The molecule has 0 aromatic heterocycles. The van der Waals surface area contributed by atoms with E-state index in [4.69, 9.17) is 9.84 Å². The molecule has 1 saturated carbocycles. The molecule has 0 spiro atoms. The van der Waals surface area contributed by atoms with Crippen molar-refractivity contribution < 1.29 is 24.5 Å². The van der Waals surface area contributed by atoms with E-state index in [0.29, 0.717) is 0 Å². The second-order valence-electron chi connectivity index (χ2n) is 6.71. The summed E-state index contributed by atoms with van der Waals surface area (Å²) in [6, 6.07) is 4.82. The smallest absolute Gasteiger partial charge is 0.412 e. The van der Waals surface area contributed by atoms with E-state index in [1.807, 2.05) is 0 Å². The van der Waals surface area contributed by atoms with Gasteiger partial charge in [-0.05, 0) is 51.3 Å². The predicted octanol–water partition coefficient (Wildman–Crippen LogP) is 3.25. The predicted molar refractivity (Wildman–Crippen MR) is 81.1 cm³/mol. The Morgan fingerprint density at radius 1 is 1.32 bits per heavy atom. The number of hydrogen-bond donors (Lipinski definition) is 3. The van der Waals surface area contributed by atoms with Crippen molar-refractivity contribution in [2.75, 3.05) is 5.32 Å². The summed E-state index contributed by atoms with van der Waals surface area (Å²) in [5.74, 6) is -0.951. The minimum absolute atomic E-state index is 0.0469. The third-order valence-electron chi connectivity index (χ3n) is 3.59. The number of aromatic hydroxyl groups is 1. The second kappa shape index (κ2) is 5.51. The molecule has 1 aromatic carbocycles. The van der Waals surface area contributed by atoms with Crippen LogP contribution < -0.4 is 5.32 Å². The van der Waals surface area contributed by atoms with Gasteiger partial charge >= 0.3 is 12.1 Å². The highest BCUT2D eigenvalue weighted by molar-refractivity contribution is 5.87. The zero-order valence-electron chi connectivity index (χ0n) is 13.0. The van der Waals surface area contributed by atoms with Gasteiger partial charge in [-0.3, -0.25) is 10.1 Å². The summed E-state index contributed by atoms with van der Waals surface area (Å²) in [5.41, 5.74) is 0.0127. The fraction of sp³-hybridized carbons (Fsp3) is 0.500. The molecule has 22 heavy (non-hydrogen) atoms. The molecule has 6 heteroatoms. The summed E-state index contributed by atoms with van der Waals surface area (Å²) >= 11 is 0. The molecule has 1 amide bonds. The van der Waals surface area contributed by atoms with Crippen molar-refractivity contribution in [1.29, 1.82) is 0 Å². The van der Waals surface area contributed by atoms with Crippen LogP contribution in [0.15, 0.2) is 18.2 Å². The Bertz CT molecular complexity index is 599. The topological polar surface area (TPSA) is 95.9 Å². The van der Waals surface area contributed by atoms with Crippen LogP contribution in [0.2, 0.25) is 0 Å². The Morgan fingerprint density at radius 3 is 2.41 bits per heavy atom. The number of carboxylic acids is 1. The van der Waals surface area contributed by atoms with E-state index >= 15 is 0 Å². The summed E-state index contributed by atoms with van der Waals surface area (Å²) in [7, 11) is 0. The van der Waals surface area contributed by atoms with Crippen LogP contribution in [0.25, 0.3) is 0 Å². The van der Waals surface area contributed by atoms with Crippen molar-refractivity contribution in [2.45, 2.75) is 51.0 Å². The largest absolute Gasteiger partial charge is 0.506 e. The number of phenols is 1. The van der Waals surface area contributed by atoms with Gasteiger partial charge in [-0.25, -0.2) is 4.79 Å². The highest BCUT2D eigenvalue weighted by Gasteiger charge is 2.46. The molecular formula is C16H21NO5. The number of carboxylic acid groups (broad SMARTS) is 1. The Morgan fingerprint density at radius 2 is 1.95 bits per heavy atom. The molecule has 6 nitrogen and oxygen atoms in total. The van der Waals surface area contributed by atoms with Gasteiger partial charge in [0.15, 0.2) is 0 Å². The van der Waals surface area contributed by atoms with Crippen LogP contribution in [0, 0.1) is 0 Å². The highest BCUT2D eigenvalue weighted by Crippen LogP contribution is 2.52. The lowest BCUT2D eigenvalue weighted by atomic mass is 9.92. The zero-order valence-corrected chi connectivity index (χ0v) is 13.0. The molecule has 120 valence electrons. The lowest BCUT2D eigenvalue weighted by Gasteiger charge is -2.20. The lowest BCUT2D eigenvalue weighted by Crippen LogP contribution is -2.27. The Balaban J connectivity index is 2.11. The van der Waals surface area contributed by atoms with Crippen molar-refractivity contribution in [1.82, 2.24) is 0 Å². The molecule has 1 fully saturated rings. The number of carbonyl (C=O) groups excluding carboxylic acids is 1. The molecule has 0 saturated heterocycles. The molecule has 3 N–H and O–H groups in total. The molecule has 1 aliphatic carbocycles. The number of amides is 1. The Labute approximate surface area is 129 Å². The molecule has 1 aromatic rings. The van der Waals surface area contributed by atoms with Crippen molar-refractivity contribution in [3.63, 3.8) is 0 Å². The number of benzene rings is 1. The minimum Gasteiger partial charge on any atom is -0.506 e. The van der Waals surface area contributed by atoms with Gasteiger partial charge < -0.3 is 14.9 Å². The molecule has 0 bridgehead atoms. The average molecular weight is 307 g/mol. The van der Waals surface area contributed by atoms with Crippen molar-refractivity contribution in [3.05, 3.63) is 23.8 Å². The maximum absolute atomic E-state index is 11.7. The summed E-state index contributed by atoms with van der Waals surface area (Å²) in [6.45, 7) is 5.24. The van der Waals surface area contributed by atoms with E-state index in [-0.39, 0.29) is 23.3 Å². The molecule has 0 atom stereocenters. The number of aliphatic carboxylic acids is 1. The van der Waals surface area contributed by atoms with Crippen molar-refractivity contribution in [3.8, 4) is 5.75 Å². The van der Waals surface area contributed by atoms with Crippen LogP contribution >= 0.6 is 0 Å². The first-order valence-corrected chi connectivity index (χ1v) is 7.17. The summed E-state index contributed by atoms with van der Waals surface area (Å²) in [4.78, 5) is 22.6. The molecule has 2 rings (SSSR count). The van der Waals surface area contributed by atoms with E-state index in [2.05, 4.69) is 5.32 Å². The number of nitrogens with one attached hydrogen (secondary N) is 1. The van der Waals surface area contributed by atoms with Crippen LogP contribution in [0.3, 0.4) is 0 Å². The maximum atomic E-state index is 11.7. The first kappa shape index (κ1) is 16.1. The number of anilines is 1. The fourth-order valence-electron chi connectivity index (χ4n) is 2.39. The quantitative estimate of drug-likeness (QED) is 0.742. The van der Waals surface area contributed by atoms with Crippen LogP contribution in [0.1, 0.15) is 45.6 Å². The first-order chi connectivity index (χ1) is 10.1. The summed E-state index contributed by atoms with van der Waals surface area (Å²) in [5, 5.41) is 21.5. The number of phenolic OH excluding ortho intramolecular Hbond substituents is 1. The molecule has 1 aliphatic rings. The molecule has 0 radical (unpaired) electrons. The van der Waals surface area contributed by atoms with Gasteiger partial charge in [-0.1, -0.05) is 6.07 Å². The van der Waals surface area contributed by atoms with Gasteiger partial charge in [0, 0.05) is 5.41 Å². The van der Waals surface area contributed by atoms with E-state index in [1.54, 1.807) is 32.9 Å². The Kier molecular flexibility index (Phi) is 4.04. The third kappa shape index (κ3) is 3.90. The normalized spacial score (nSPS) is 16.0. The summed E-state index contributed by atoms with van der Waals surface area (Å²) < 4.78 is 5.12. The van der Waals surface area contributed by atoms with Gasteiger partial charge in [0.25, 0.3) is 0 Å². The van der Waals surface area contributed by atoms with E-state index < -0.39 is 17.7 Å². The maximum Gasteiger partial charge on any atom is 0.412 e. The second-order valence-corrected chi connectivity index (χ2v) is 6.71. The Hall–Kier alpha value is -2.24. The molecule has 0 aliphatic heterocycles. The van der Waals surface area contributed by atoms with Crippen LogP contribution in [0.4, 0.5) is 10.5 Å². The number of hydrogen-bond acceptors (Lipinski definition) is 4. The number of carbonyl (C=O) groups is 2. The van der Waals surface area contributed by atoms with Crippen molar-refractivity contribution >= 4 is 17.7 Å². The van der Waals surface area contributed by atoms with E-state index in [9.17, 15) is 14.7 Å². The zero-order chi connectivity index (χ0) is 16.5. The van der Waals surface area contributed by atoms with Crippen LogP contribution in [-0.4, -0.2) is 27.9 Å². The third-order valence-corrected chi connectivity index (χ3v) is 3.59. The molecule has 0 heterocycles. The number of ether oxygens (including phenoxy) is 1. The minimum atomic E-state index is -0.854. The van der Waals surface area contributed by atoms with E-state index in [1.165, 1.54) is 6.07 Å². The highest BCUT2D eigenvalue weighted by atomic mass is 16.6. The van der Waals surface area contributed by atoms with Gasteiger partial charge in [-0.2, -0.15) is 0 Å². The summed E-state index contributed by atoms with van der Waals surface area (Å²) in [6.07, 6.45) is 0.975. The molecular weight excluding hydrogens is 286 g/mol. The standard InChI is InChI=1S/C16H21NO5/c1-15(2,3)22-14(21)17-11-5-4-10(8-12(11)18)16(6-7-16)9-13(19)20/h4-5,8,18H,6-7,9H2,1-3H3,(H,17,21)(H,19,20).